The van der Waals surface area contributed by atoms with Gasteiger partial charge >= 0.3 is 0 Å². The van der Waals surface area contributed by atoms with Gasteiger partial charge in [-0.25, -0.2) is 8.42 Å². The average molecular weight is 392 g/mol. The van der Waals surface area contributed by atoms with Gasteiger partial charge in [-0.3, -0.25) is 4.79 Å². The van der Waals surface area contributed by atoms with E-state index >= 15 is 0 Å². The van der Waals surface area contributed by atoms with Crippen molar-refractivity contribution < 1.29 is 13.2 Å². The summed E-state index contributed by atoms with van der Waals surface area (Å²) in [5, 5.41) is 4.04. The smallest absolute Gasteiger partial charge is 0.223 e. The molecule has 1 amide bonds. The molecular weight excluding hydrogens is 366 g/mol. The fourth-order valence-corrected chi connectivity index (χ4v) is 6.22. The van der Waals surface area contributed by atoms with Crippen molar-refractivity contribution in [3.8, 4) is 0 Å². The van der Waals surface area contributed by atoms with E-state index in [1.165, 1.54) is 17.8 Å². The second-order valence-corrected chi connectivity index (χ2v) is 10.1. The van der Waals surface area contributed by atoms with Crippen LogP contribution in [0.5, 0.6) is 0 Å². The van der Waals surface area contributed by atoms with Crippen LogP contribution in [-0.2, 0) is 14.6 Å². The Labute approximate surface area is 159 Å². The molecule has 0 saturated heterocycles. The van der Waals surface area contributed by atoms with Crippen LogP contribution in [0.2, 0.25) is 0 Å². The van der Waals surface area contributed by atoms with Crippen LogP contribution < -0.4 is 5.32 Å². The summed E-state index contributed by atoms with van der Waals surface area (Å²) in [6, 6.07) is 10.6. The molecule has 2 aromatic rings. The molecule has 1 aromatic carbocycles. The van der Waals surface area contributed by atoms with Gasteiger partial charge in [-0.2, -0.15) is 0 Å². The number of aryl methyl sites for hydroxylation is 1. The highest BCUT2D eigenvalue weighted by Gasteiger charge is 2.31. The van der Waals surface area contributed by atoms with Gasteiger partial charge in [-0.1, -0.05) is 43.0 Å². The number of amides is 1. The van der Waals surface area contributed by atoms with E-state index in [1.54, 1.807) is 24.3 Å². The lowest BCUT2D eigenvalue weighted by molar-refractivity contribution is -0.125. The molecule has 3 rings (SSSR count). The molecular formula is C20H25NO3S2. The van der Waals surface area contributed by atoms with E-state index in [1.807, 2.05) is 24.4 Å². The fourth-order valence-electron chi connectivity index (χ4n) is 3.43. The summed E-state index contributed by atoms with van der Waals surface area (Å²) in [7, 11) is -3.57. The third kappa shape index (κ3) is 4.35. The van der Waals surface area contributed by atoms with Crippen molar-refractivity contribution in [1.29, 1.82) is 0 Å². The van der Waals surface area contributed by atoms with Crippen LogP contribution in [0.25, 0.3) is 0 Å². The van der Waals surface area contributed by atoms with Gasteiger partial charge < -0.3 is 5.32 Å². The van der Waals surface area contributed by atoms with E-state index in [4.69, 9.17) is 0 Å². The number of sulfone groups is 1. The lowest BCUT2D eigenvalue weighted by Crippen LogP contribution is -2.36. The monoisotopic (exact) mass is 391 g/mol. The molecule has 26 heavy (non-hydrogen) atoms. The van der Waals surface area contributed by atoms with Crippen LogP contribution in [0.1, 0.15) is 47.8 Å². The molecule has 1 N–H and O–H groups in total. The number of hydrogen-bond acceptors (Lipinski definition) is 4. The molecule has 1 saturated carbocycles. The highest BCUT2D eigenvalue weighted by atomic mass is 32.2. The molecule has 1 aromatic heterocycles. The first-order valence-corrected chi connectivity index (χ1v) is 11.5. The van der Waals surface area contributed by atoms with Gasteiger partial charge in [0.15, 0.2) is 9.84 Å². The molecule has 1 aliphatic carbocycles. The third-order valence-electron chi connectivity index (χ3n) is 5.02. The van der Waals surface area contributed by atoms with Crippen molar-refractivity contribution >= 4 is 27.1 Å². The fraction of sp³-hybridized carbons (Fsp3) is 0.450. The summed E-state index contributed by atoms with van der Waals surface area (Å²) < 4.78 is 26.4. The average Bonchev–Trinajstić information content (AvgIpc) is 3.17. The van der Waals surface area contributed by atoms with Gasteiger partial charge in [-0.15, -0.1) is 11.3 Å². The van der Waals surface area contributed by atoms with Crippen molar-refractivity contribution in [3.63, 3.8) is 0 Å². The Balaban J connectivity index is 1.79. The number of rotatable bonds is 6. The highest BCUT2D eigenvalue weighted by molar-refractivity contribution is 7.91. The van der Waals surface area contributed by atoms with Crippen LogP contribution in [0.15, 0.2) is 46.7 Å². The number of benzene rings is 1. The topological polar surface area (TPSA) is 63.2 Å². The van der Waals surface area contributed by atoms with Crippen molar-refractivity contribution in [2.24, 2.45) is 5.92 Å². The molecule has 0 aliphatic heterocycles. The zero-order valence-corrected chi connectivity index (χ0v) is 16.6. The van der Waals surface area contributed by atoms with Gasteiger partial charge in [0.2, 0.25) is 5.91 Å². The van der Waals surface area contributed by atoms with Crippen LogP contribution >= 0.6 is 11.3 Å². The molecule has 4 nitrogen and oxygen atoms in total. The normalized spacial score (nSPS) is 17.0. The van der Waals surface area contributed by atoms with E-state index in [9.17, 15) is 13.2 Å². The zero-order chi connectivity index (χ0) is 18.6. The molecule has 140 valence electrons. The molecule has 1 aliphatic rings. The maximum atomic E-state index is 13.2. The molecule has 1 atom stereocenters. The van der Waals surface area contributed by atoms with E-state index in [2.05, 4.69) is 5.32 Å². The molecule has 0 bridgehead atoms. The Bertz CT molecular complexity index is 820. The quantitative estimate of drug-likeness (QED) is 0.800. The predicted molar refractivity (Wildman–Crippen MR) is 105 cm³/mol. The Kier molecular flexibility index (Phi) is 6.14. The largest absolute Gasteiger partial charge is 0.354 e. The van der Waals surface area contributed by atoms with Crippen molar-refractivity contribution in [2.75, 3.05) is 6.54 Å². The van der Waals surface area contributed by atoms with Gasteiger partial charge in [0.1, 0.15) is 5.25 Å². The second kappa shape index (κ2) is 8.35. The van der Waals surface area contributed by atoms with Crippen molar-refractivity contribution in [2.45, 2.75) is 49.2 Å². The minimum absolute atomic E-state index is 0.00892. The molecule has 0 unspecified atom stereocenters. The van der Waals surface area contributed by atoms with Crippen molar-refractivity contribution in [1.82, 2.24) is 5.32 Å². The molecule has 1 fully saturated rings. The van der Waals surface area contributed by atoms with Crippen LogP contribution in [-0.4, -0.2) is 20.9 Å². The Hall–Kier alpha value is -1.66. The minimum Gasteiger partial charge on any atom is -0.354 e. The van der Waals surface area contributed by atoms with Crippen LogP contribution in [0, 0.1) is 12.8 Å². The summed E-state index contributed by atoms with van der Waals surface area (Å²) in [5.41, 5.74) is 1.02. The molecule has 0 radical (unpaired) electrons. The van der Waals surface area contributed by atoms with Gasteiger partial charge in [-0.05, 0) is 43.3 Å². The Morgan fingerprint density at radius 3 is 2.46 bits per heavy atom. The first kappa shape index (κ1) is 19.1. The molecule has 0 spiro atoms. The SMILES string of the molecule is Cc1ccc(S(=O)(=O)[C@@H](CNC(=O)C2CCCCC2)c2cccs2)cc1. The first-order valence-electron chi connectivity index (χ1n) is 9.10. The summed E-state index contributed by atoms with van der Waals surface area (Å²) in [6.07, 6.45) is 5.14. The summed E-state index contributed by atoms with van der Waals surface area (Å²) in [5.74, 6) is 0.0141. The zero-order valence-electron chi connectivity index (χ0n) is 15.0. The number of nitrogens with one attached hydrogen (secondary N) is 1. The van der Waals surface area contributed by atoms with E-state index in [0.29, 0.717) is 4.90 Å². The third-order valence-corrected chi connectivity index (χ3v) is 8.26. The lowest BCUT2D eigenvalue weighted by atomic mass is 9.89. The van der Waals surface area contributed by atoms with Crippen LogP contribution in [0.4, 0.5) is 0 Å². The maximum absolute atomic E-state index is 13.2. The van der Waals surface area contributed by atoms with Gasteiger partial charge in [0.05, 0.1) is 4.90 Å². The number of thiophene rings is 1. The summed E-state index contributed by atoms with van der Waals surface area (Å²) in [4.78, 5) is 13.5. The maximum Gasteiger partial charge on any atom is 0.223 e. The van der Waals surface area contributed by atoms with Gasteiger partial charge in [0, 0.05) is 17.3 Å². The van der Waals surface area contributed by atoms with E-state index in [-0.39, 0.29) is 18.4 Å². The Morgan fingerprint density at radius 1 is 1.15 bits per heavy atom. The second-order valence-electron chi connectivity index (χ2n) is 6.94. The highest BCUT2D eigenvalue weighted by Crippen LogP contribution is 2.32. The summed E-state index contributed by atoms with van der Waals surface area (Å²) in [6.45, 7) is 2.05. The van der Waals surface area contributed by atoms with Gasteiger partial charge in [0.25, 0.3) is 0 Å². The predicted octanol–water partition coefficient (Wildman–Crippen LogP) is 4.27. The number of carbonyl (C=O) groups excluding carboxylic acids is 1. The standard InChI is InChI=1S/C20H25NO3S2/c1-15-9-11-17(12-10-15)26(23,24)19(18-8-5-13-25-18)14-21-20(22)16-6-3-2-4-7-16/h5,8-13,16,19H,2-4,6-7,14H2,1H3,(H,21,22)/t19-/m0/s1. The molecule has 1 heterocycles. The lowest BCUT2D eigenvalue weighted by Gasteiger charge is -2.23. The van der Waals surface area contributed by atoms with Crippen LogP contribution in [0.3, 0.4) is 0 Å². The summed E-state index contributed by atoms with van der Waals surface area (Å²) >= 11 is 1.41. The number of hydrogen-bond donors (Lipinski definition) is 1. The van der Waals surface area contributed by atoms with E-state index in [0.717, 1.165) is 36.1 Å². The Morgan fingerprint density at radius 2 is 1.85 bits per heavy atom. The first-order chi connectivity index (χ1) is 12.5. The number of carbonyl (C=O) groups is 1. The van der Waals surface area contributed by atoms with Crippen molar-refractivity contribution in [3.05, 3.63) is 52.2 Å². The van der Waals surface area contributed by atoms with E-state index < -0.39 is 15.1 Å². The molecule has 6 heteroatoms. The minimum atomic E-state index is -3.57.